The van der Waals surface area contributed by atoms with Crippen LogP contribution >= 0.6 is 15.9 Å². The van der Waals surface area contributed by atoms with Crippen molar-refractivity contribution in [1.29, 1.82) is 0 Å². The Hall–Kier alpha value is -0.900. The second kappa shape index (κ2) is 4.95. The molecule has 1 heterocycles. The second-order valence-corrected chi connectivity index (χ2v) is 4.85. The average molecular weight is 283 g/mol. The zero-order valence-electron chi connectivity index (χ0n) is 9.32. The van der Waals surface area contributed by atoms with Crippen LogP contribution in [0, 0.1) is 6.92 Å². The van der Waals surface area contributed by atoms with Gasteiger partial charge in [-0.3, -0.25) is 9.78 Å². The lowest BCUT2D eigenvalue weighted by molar-refractivity contribution is 0.0753. The van der Waals surface area contributed by atoms with Gasteiger partial charge in [0.2, 0.25) is 0 Å². The molecule has 3 nitrogen and oxygen atoms in total. The number of aromatic nitrogens is 1. The number of carbonyl (C=O) groups is 1. The number of halogens is 1. The van der Waals surface area contributed by atoms with Crippen LogP contribution in [0.3, 0.4) is 0 Å². The monoisotopic (exact) mass is 282 g/mol. The molecule has 0 radical (unpaired) electrons. The van der Waals surface area contributed by atoms with Gasteiger partial charge in [-0.2, -0.15) is 0 Å². The molecule has 86 valence electrons. The molecule has 1 aromatic rings. The summed E-state index contributed by atoms with van der Waals surface area (Å²) < 4.78 is 0. The number of nitrogens with zero attached hydrogens (tertiary/aromatic N) is 2. The van der Waals surface area contributed by atoms with Crippen molar-refractivity contribution in [3.05, 3.63) is 29.6 Å². The summed E-state index contributed by atoms with van der Waals surface area (Å²) in [5, 5.41) is 0.828. The molecule has 1 aromatic heterocycles. The number of pyridine rings is 1. The first-order chi connectivity index (χ1) is 7.74. The summed E-state index contributed by atoms with van der Waals surface area (Å²) in [5.41, 5.74) is 1.54. The third-order valence-corrected chi connectivity index (χ3v) is 3.17. The number of alkyl halides is 1. The van der Waals surface area contributed by atoms with Crippen LogP contribution in [0.5, 0.6) is 0 Å². The maximum atomic E-state index is 12.3. The first-order valence-electron chi connectivity index (χ1n) is 5.52. The Morgan fingerprint density at radius 1 is 1.62 bits per heavy atom. The fourth-order valence-electron chi connectivity index (χ4n) is 1.79. The fourth-order valence-corrected chi connectivity index (χ4v) is 2.17. The van der Waals surface area contributed by atoms with Gasteiger partial charge in [0.1, 0.15) is 0 Å². The Bertz CT molecular complexity index is 390. The Morgan fingerprint density at radius 3 is 2.94 bits per heavy atom. The fraction of sp³-hybridized carbons (Fsp3) is 0.500. The molecule has 1 amide bonds. The van der Waals surface area contributed by atoms with E-state index >= 15 is 0 Å². The molecular formula is C12H15BrN2O. The lowest BCUT2D eigenvalue weighted by Crippen LogP contribution is -2.35. The number of aryl methyl sites for hydroxylation is 1. The van der Waals surface area contributed by atoms with Crippen LogP contribution in [0.4, 0.5) is 0 Å². The number of amides is 1. The predicted octanol–water partition coefficient (Wildman–Crippen LogP) is 2.39. The van der Waals surface area contributed by atoms with Gasteiger partial charge in [0.25, 0.3) is 5.91 Å². The standard InChI is InChI=1S/C12H15BrN2O/c1-9-11(3-2-7-14-9)12(16)15(8-6-13)10-4-5-10/h2-3,7,10H,4-6,8H2,1H3. The van der Waals surface area contributed by atoms with Crippen molar-refractivity contribution in [3.8, 4) is 0 Å². The van der Waals surface area contributed by atoms with E-state index in [-0.39, 0.29) is 5.91 Å². The highest BCUT2D eigenvalue weighted by Crippen LogP contribution is 2.28. The van der Waals surface area contributed by atoms with Gasteiger partial charge in [-0.05, 0) is 31.9 Å². The van der Waals surface area contributed by atoms with Gasteiger partial charge in [-0.25, -0.2) is 0 Å². The molecule has 4 heteroatoms. The molecule has 0 saturated heterocycles. The molecule has 0 aromatic carbocycles. The molecule has 0 unspecified atom stereocenters. The molecule has 1 aliphatic rings. The minimum absolute atomic E-state index is 0.118. The van der Waals surface area contributed by atoms with Crippen LogP contribution in [0.25, 0.3) is 0 Å². The van der Waals surface area contributed by atoms with E-state index < -0.39 is 0 Å². The van der Waals surface area contributed by atoms with Crippen LogP contribution in [-0.4, -0.2) is 33.7 Å². The summed E-state index contributed by atoms with van der Waals surface area (Å²) >= 11 is 3.40. The Labute approximate surface area is 104 Å². The minimum atomic E-state index is 0.118. The highest BCUT2D eigenvalue weighted by Gasteiger charge is 2.32. The van der Waals surface area contributed by atoms with Crippen molar-refractivity contribution in [2.24, 2.45) is 0 Å². The molecule has 16 heavy (non-hydrogen) atoms. The number of hydrogen-bond donors (Lipinski definition) is 0. The van der Waals surface area contributed by atoms with Crippen LogP contribution in [0.1, 0.15) is 28.9 Å². The van der Waals surface area contributed by atoms with Crippen LogP contribution in [0.15, 0.2) is 18.3 Å². The van der Waals surface area contributed by atoms with Crippen molar-refractivity contribution < 1.29 is 4.79 Å². The predicted molar refractivity (Wildman–Crippen MR) is 66.8 cm³/mol. The van der Waals surface area contributed by atoms with Gasteiger partial charge in [0.05, 0.1) is 5.56 Å². The van der Waals surface area contributed by atoms with E-state index in [0.717, 1.165) is 36.0 Å². The van der Waals surface area contributed by atoms with Crippen molar-refractivity contribution in [1.82, 2.24) is 9.88 Å². The van der Waals surface area contributed by atoms with Gasteiger partial charge in [0, 0.05) is 29.8 Å². The topological polar surface area (TPSA) is 33.2 Å². The summed E-state index contributed by atoms with van der Waals surface area (Å²) in [6.45, 7) is 2.66. The largest absolute Gasteiger partial charge is 0.335 e. The van der Waals surface area contributed by atoms with Crippen LogP contribution < -0.4 is 0 Å². The van der Waals surface area contributed by atoms with Gasteiger partial charge in [-0.1, -0.05) is 15.9 Å². The van der Waals surface area contributed by atoms with E-state index in [9.17, 15) is 4.79 Å². The maximum absolute atomic E-state index is 12.3. The van der Waals surface area contributed by atoms with Crippen LogP contribution in [0.2, 0.25) is 0 Å². The van der Waals surface area contributed by atoms with E-state index in [4.69, 9.17) is 0 Å². The van der Waals surface area contributed by atoms with E-state index in [1.54, 1.807) is 6.20 Å². The van der Waals surface area contributed by atoms with E-state index in [1.807, 2.05) is 24.0 Å². The number of rotatable bonds is 4. The third kappa shape index (κ3) is 2.43. The average Bonchev–Trinajstić information content (AvgIpc) is 3.09. The van der Waals surface area contributed by atoms with Gasteiger partial charge in [0.15, 0.2) is 0 Å². The normalized spacial score (nSPS) is 14.9. The zero-order chi connectivity index (χ0) is 11.5. The maximum Gasteiger partial charge on any atom is 0.255 e. The Balaban J connectivity index is 2.19. The van der Waals surface area contributed by atoms with Crippen molar-refractivity contribution in [3.63, 3.8) is 0 Å². The molecule has 0 bridgehead atoms. The van der Waals surface area contributed by atoms with Gasteiger partial charge < -0.3 is 4.90 Å². The molecule has 0 aliphatic heterocycles. The summed E-state index contributed by atoms with van der Waals surface area (Å²) in [4.78, 5) is 18.4. The summed E-state index contributed by atoms with van der Waals surface area (Å²) in [6.07, 6.45) is 3.99. The van der Waals surface area contributed by atoms with E-state index in [0.29, 0.717) is 6.04 Å². The quantitative estimate of drug-likeness (QED) is 0.795. The lowest BCUT2D eigenvalue weighted by Gasteiger charge is -2.21. The lowest BCUT2D eigenvalue weighted by atomic mass is 10.2. The first-order valence-corrected chi connectivity index (χ1v) is 6.64. The smallest absolute Gasteiger partial charge is 0.255 e. The van der Waals surface area contributed by atoms with Gasteiger partial charge in [-0.15, -0.1) is 0 Å². The van der Waals surface area contributed by atoms with Crippen molar-refractivity contribution in [2.45, 2.75) is 25.8 Å². The molecular weight excluding hydrogens is 268 g/mol. The highest BCUT2D eigenvalue weighted by molar-refractivity contribution is 9.09. The van der Waals surface area contributed by atoms with Crippen molar-refractivity contribution in [2.75, 3.05) is 11.9 Å². The summed E-state index contributed by atoms with van der Waals surface area (Å²) in [6, 6.07) is 4.12. The Kier molecular flexibility index (Phi) is 3.59. The van der Waals surface area contributed by atoms with Gasteiger partial charge >= 0.3 is 0 Å². The molecule has 1 saturated carbocycles. The first kappa shape index (κ1) is 11.6. The number of hydrogen-bond acceptors (Lipinski definition) is 2. The highest BCUT2D eigenvalue weighted by atomic mass is 79.9. The second-order valence-electron chi connectivity index (χ2n) is 4.06. The summed E-state index contributed by atoms with van der Waals surface area (Å²) in [5.74, 6) is 0.118. The molecule has 2 rings (SSSR count). The molecule has 0 atom stereocenters. The molecule has 0 N–H and O–H groups in total. The molecule has 0 spiro atoms. The SMILES string of the molecule is Cc1ncccc1C(=O)N(CCBr)C1CC1. The van der Waals surface area contributed by atoms with E-state index in [2.05, 4.69) is 20.9 Å². The zero-order valence-corrected chi connectivity index (χ0v) is 10.9. The van der Waals surface area contributed by atoms with Crippen LogP contribution in [-0.2, 0) is 0 Å². The third-order valence-electron chi connectivity index (χ3n) is 2.81. The van der Waals surface area contributed by atoms with E-state index in [1.165, 1.54) is 0 Å². The summed E-state index contributed by atoms with van der Waals surface area (Å²) in [7, 11) is 0. The minimum Gasteiger partial charge on any atom is -0.335 e. The number of carbonyl (C=O) groups excluding carboxylic acids is 1. The molecule has 1 aliphatic carbocycles. The molecule has 1 fully saturated rings. The van der Waals surface area contributed by atoms with Crippen molar-refractivity contribution >= 4 is 21.8 Å². The Morgan fingerprint density at radius 2 is 2.38 bits per heavy atom.